The first-order valence-corrected chi connectivity index (χ1v) is 12.6. The minimum absolute atomic E-state index is 0.0378. The van der Waals surface area contributed by atoms with Gasteiger partial charge in [0, 0.05) is 7.14 Å². The summed E-state index contributed by atoms with van der Waals surface area (Å²) in [5.41, 5.74) is -5.65. The van der Waals surface area contributed by atoms with Crippen LogP contribution in [0.4, 0.5) is 13.2 Å². The van der Waals surface area contributed by atoms with Crippen LogP contribution in [0, 0.1) is 7.14 Å². The average molecular weight is 664 g/mol. The maximum Gasteiger partial charge on any atom is 0.485 e. The van der Waals surface area contributed by atoms with Gasteiger partial charge < -0.3 is 4.55 Å². The Labute approximate surface area is 197 Å². The molecule has 0 saturated carbocycles. The van der Waals surface area contributed by atoms with Crippen LogP contribution in [-0.4, -0.2) is 18.5 Å². The zero-order valence-electron chi connectivity index (χ0n) is 14.4. The minimum Gasteiger partial charge on any atom is -0.741 e. The lowest BCUT2D eigenvalue weighted by atomic mass is 10.4. The molecule has 0 radical (unpaired) electrons. The molecule has 154 valence electrons. The highest BCUT2D eigenvalue weighted by molar-refractivity contribution is 14.1. The highest BCUT2D eigenvalue weighted by Crippen LogP contribution is 2.31. The van der Waals surface area contributed by atoms with Crippen molar-refractivity contribution in [3.8, 4) is 0 Å². The summed E-state index contributed by atoms with van der Waals surface area (Å²) in [7, 11) is -6.13. The van der Waals surface area contributed by atoms with Crippen LogP contribution in [0.3, 0.4) is 0 Å². The maximum atomic E-state index is 10.7. The molecule has 0 fully saturated rings. The third-order valence-corrected chi connectivity index (χ3v) is 7.60. The summed E-state index contributed by atoms with van der Waals surface area (Å²) in [6.45, 7) is 0. The van der Waals surface area contributed by atoms with Gasteiger partial charge >= 0.3 is 5.51 Å². The van der Waals surface area contributed by atoms with E-state index < -0.39 is 15.6 Å². The van der Waals surface area contributed by atoms with E-state index in [1.165, 1.54) is 21.8 Å². The summed E-state index contributed by atoms with van der Waals surface area (Å²) in [6, 6.07) is 28.5. The van der Waals surface area contributed by atoms with Crippen molar-refractivity contribution in [2.45, 2.75) is 20.2 Å². The molecule has 0 unspecified atom stereocenters. The van der Waals surface area contributed by atoms with E-state index in [9.17, 15) is 13.2 Å². The molecular formula is C19H13F3I2O3S2. The van der Waals surface area contributed by atoms with Gasteiger partial charge in [-0.05, 0) is 106 Å². The predicted molar refractivity (Wildman–Crippen MR) is 123 cm³/mol. The minimum atomic E-state index is -6.09. The molecule has 3 rings (SSSR count). The van der Waals surface area contributed by atoms with E-state index in [0.29, 0.717) is 0 Å². The Bertz CT molecular complexity index is 980. The smallest absolute Gasteiger partial charge is 0.485 e. The second-order valence-electron chi connectivity index (χ2n) is 5.43. The Morgan fingerprint density at radius 3 is 1.31 bits per heavy atom. The molecule has 10 heteroatoms. The van der Waals surface area contributed by atoms with E-state index in [0.717, 1.165) is 0 Å². The van der Waals surface area contributed by atoms with Crippen molar-refractivity contribution < 1.29 is 26.1 Å². The molecule has 0 aromatic heterocycles. The van der Waals surface area contributed by atoms with Crippen molar-refractivity contribution >= 4 is 66.2 Å². The van der Waals surface area contributed by atoms with Crippen LogP contribution in [-0.2, 0) is 21.0 Å². The highest BCUT2D eigenvalue weighted by atomic mass is 127. The Morgan fingerprint density at radius 1 is 0.690 bits per heavy atom. The Kier molecular flexibility index (Phi) is 8.82. The number of rotatable bonds is 3. The largest absolute Gasteiger partial charge is 0.741 e. The molecule has 29 heavy (non-hydrogen) atoms. The molecule has 3 aromatic carbocycles. The topological polar surface area (TPSA) is 57.2 Å². The van der Waals surface area contributed by atoms with Crippen molar-refractivity contribution in [1.29, 1.82) is 0 Å². The fourth-order valence-electron chi connectivity index (χ4n) is 2.11. The number of hydrogen-bond donors (Lipinski definition) is 0. The third kappa shape index (κ3) is 7.42. The van der Waals surface area contributed by atoms with Gasteiger partial charge in [0.1, 0.15) is 0 Å². The average Bonchev–Trinajstić information content (AvgIpc) is 2.65. The monoisotopic (exact) mass is 664 g/mol. The van der Waals surface area contributed by atoms with Gasteiger partial charge in [-0.1, -0.05) is 18.2 Å². The van der Waals surface area contributed by atoms with E-state index in [2.05, 4.69) is 124 Å². The molecule has 0 spiro atoms. The zero-order chi connectivity index (χ0) is 21.7. The third-order valence-electron chi connectivity index (χ3n) is 3.36. The summed E-state index contributed by atoms with van der Waals surface area (Å²) in [4.78, 5) is 4.09. The van der Waals surface area contributed by atoms with Crippen molar-refractivity contribution in [1.82, 2.24) is 0 Å². The Morgan fingerprint density at radius 2 is 1.00 bits per heavy atom. The molecule has 0 aliphatic heterocycles. The van der Waals surface area contributed by atoms with Crippen LogP contribution in [0.15, 0.2) is 93.5 Å². The van der Waals surface area contributed by atoms with Crippen LogP contribution >= 0.6 is 45.2 Å². The molecule has 0 heterocycles. The standard InChI is InChI=1S/C18H13I2S.CHF3O3S/c19-14-6-10-17(11-7-14)21(16-4-2-1-3-5-16)18-12-8-15(20)9-13-18;2-1(3,4)8(5,6)7/h1-13H;(H,5,6,7)/q+1;/p-1. The molecule has 0 aliphatic carbocycles. The fraction of sp³-hybridized carbons (Fsp3) is 0.0526. The molecule has 0 bridgehead atoms. The van der Waals surface area contributed by atoms with Gasteiger partial charge in [0.2, 0.25) is 0 Å². The van der Waals surface area contributed by atoms with Crippen LogP contribution in [0.5, 0.6) is 0 Å². The van der Waals surface area contributed by atoms with Gasteiger partial charge in [-0.25, -0.2) is 8.42 Å². The van der Waals surface area contributed by atoms with Crippen LogP contribution in [0.1, 0.15) is 0 Å². The molecule has 0 saturated heterocycles. The van der Waals surface area contributed by atoms with Gasteiger partial charge in [0.05, 0.1) is 10.9 Å². The van der Waals surface area contributed by atoms with E-state index in [1.807, 2.05) is 0 Å². The SMILES string of the molecule is Ic1ccc([S+](c2ccccc2)c2ccc(I)cc2)cc1.O=S(=O)([O-])C(F)(F)F. The lowest BCUT2D eigenvalue weighted by Gasteiger charge is -2.08. The quantitative estimate of drug-likeness (QED) is 0.149. The first-order valence-electron chi connectivity index (χ1n) is 7.81. The van der Waals surface area contributed by atoms with E-state index in [4.69, 9.17) is 13.0 Å². The molecule has 0 atom stereocenters. The highest BCUT2D eigenvalue weighted by Gasteiger charge is 2.37. The number of alkyl halides is 3. The van der Waals surface area contributed by atoms with Crippen molar-refractivity contribution in [3.63, 3.8) is 0 Å². The lowest BCUT2D eigenvalue weighted by Crippen LogP contribution is -2.21. The maximum absolute atomic E-state index is 10.7. The van der Waals surface area contributed by atoms with Gasteiger partial charge in [-0.3, -0.25) is 0 Å². The van der Waals surface area contributed by atoms with Crippen LogP contribution in [0.25, 0.3) is 0 Å². The van der Waals surface area contributed by atoms with Crippen molar-refractivity contribution in [3.05, 3.63) is 86.0 Å². The summed E-state index contributed by atoms with van der Waals surface area (Å²) in [5.74, 6) is 0. The molecule has 3 aromatic rings. The van der Waals surface area contributed by atoms with Crippen LogP contribution in [0.2, 0.25) is 0 Å². The van der Waals surface area contributed by atoms with Gasteiger partial charge in [0.25, 0.3) is 0 Å². The first kappa shape index (κ1) is 24.4. The second kappa shape index (κ2) is 10.5. The lowest BCUT2D eigenvalue weighted by molar-refractivity contribution is -0.0517. The summed E-state index contributed by atoms with van der Waals surface area (Å²) in [6.07, 6.45) is 0. The predicted octanol–water partition coefficient (Wildman–Crippen LogP) is 6.04. The van der Waals surface area contributed by atoms with E-state index in [1.54, 1.807) is 0 Å². The van der Waals surface area contributed by atoms with Crippen LogP contribution < -0.4 is 0 Å². The first-order chi connectivity index (χ1) is 13.5. The summed E-state index contributed by atoms with van der Waals surface area (Å²) in [5, 5.41) is 0. The van der Waals surface area contributed by atoms with Gasteiger partial charge in [-0.2, -0.15) is 13.2 Å². The Hall–Kier alpha value is -0.830. The van der Waals surface area contributed by atoms with Crippen molar-refractivity contribution in [2.75, 3.05) is 0 Å². The van der Waals surface area contributed by atoms with Crippen molar-refractivity contribution in [2.24, 2.45) is 0 Å². The fourth-order valence-corrected chi connectivity index (χ4v) is 4.89. The molecular weight excluding hydrogens is 651 g/mol. The van der Waals surface area contributed by atoms with E-state index >= 15 is 0 Å². The van der Waals surface area contributed by atoms with Gasteiger partial charge in [-0.15, -0.1) is 0 Å². The summed E-state index contributed by atoms with van der Waals surface area (Å²) < 4.78 is 61.5. The number of benzene rings is 3. The zero-order valence-corrected chi connectivity index (χ0v) is 20.4. The van der Waals surface area contributed by atoms with Gasteiger partial charge in [0.15, 0.2) is 24.8 Å². The normalized spacial score (nSPS) is 11.7. The molecule has 0 aliphatic rings. The Balaban J connectivity index is 0.000000321. The molecule has 0 amide bonds. The second-order valence-corrected chi connectivity index (χ2v) is 11.3. The molecule has 0 N–H and O–H groups in total. The number of halogens is 5. The number of hydrogen-bond acceptors (Lipinski definition) is 3. The van der Waals surface area contributed by atoms with E-state index in [-0.39, 0.29) is 10.9 Å². The molecule has 3 nitrogen and oxygen atoms in total. The summed E-state index contributed by atoms with van der Waals surface area (Å²) >= 11 is 4.71.